The highest BCUT2D eigenvalue weighted by Gasteiger charge is 2.32. The monoisotopic (exact) mass is 415 g/mol. The van der Waals surface area contributed by atoms with Crippen molar-refractivity contribution in [2.24, 2.45) is 0 Å². The Labute approximate surface area is 172 Å². The Morgan fingerprint density at radius 3 is 1.69 bits per heavy atom. The van der Waals surface area contributed by atoms with E-state index in [-0.39, 0.29) is 12.1 Å². The molecule has 0 bridgehead atoms. The van der Waals surface area contributed by atoms with Crippen LogP contribution in [-0.2, 0) is 17.4 Å². The fourth-order valence-electron chi connectivity index (χ4n) is 3.55. The number of carboxylic acids is 1. The molecule has 0 aliphatic rings. The number of carbonyl (C=O) groups is 1. The molecule has 3 nitrogen and oxygen atoms in total. The van der Waals surface area contributed by atoms with Crippen molar-refractivity contribution in [1.29, 1.82) is 0 Å². The van der Waals surface area contributed by atoms with Gasteiger partial charge in [-0.3, -0.25) is 4.79 Å². The molecule has 0 aliphatic heterocycles. The lowest BCUT2D eigenvalue weighted by Crippen LogP contribution is -2.09. The predicted molar refractivity (Wildman–Crippen MR) is 112 cm³/mol. The van der Waals surface area contributed by atoms with E-state index < -0.39 is 17.7 Å². The molecule has 1 aromatic carbocycles. The van der Waals surface area contributed by atoms with Crippen molar-refractivity contribution in [3.63, 3.8) is 0 Å². The first-order valence-corrected chi connectivity index (χ1v) is 11.0. The first-order valence-electron chi connectivity index (χ1n) is 11.0. The second kappa shape index (κ2) is 14.3. The van der Waals surface area contributed by atoms with Gasteiger partial charge in [0.15, 0.2) is 0 Å². The molecule has 1 aromatic rings. The third-order valence-electron chi connectivity index (χ3n) is 5.28. The van der Waals surface area contributed by atoms with Crippen molar-refractivity contribution in [2.75, 3.05) is 5.73 Å². The molecule has 0 aliphatic carbocycles. The summed E-state index contributed by atoms with van der Waals surface area (Å²) in [5, 5.41) is 8.56. The lowest BCUT2D eigenvalue weighted by atomic mass is 10.0. The van der Waals surface area contributed by atoms with Crippen LogP contribution in [0.2, 0.25) is 0 Å². The van der Waals surface area contributed by atoms with Gasteiger partial charge in [0.2, 0.25) is 0 Å². The normalized spacial score (nSPS) is 11.7. The fraction of sp³-hybridized carbons (Fsp3) is 0.696. The number of unbranched alkanes of at least 4 members (excludes halogenated alkanes) is 12. The molecule has 0 fully saturated rings. The SMILES string of the molecule is Nc1ccc(CCCCCCCCCCCCCCCC(=O)O)cc1C(F)(F)F. The van der Waals surface area contributed by atoms with E-state index in [1.165, 1.54) is 57.1 Å². The minimum absolute atomic E-state index is 0.209. The van der Waals surface area contributed by atoms with Gasteiger partial charge in [0, 0.05) is 12.1 Å². The Bertz CT molecular complexity index is 588. The molecule has 0 spiro atoms. The zero-order chi connectivity index (χ0) is 21.5. The van der Waals surface area contributed by atoms with Crippen molar-refractivity contribution in [3.8, 4) is 0 Å². The minimum atomic E-state index is -4.39. The Morgan fingerprint density at radius 2 is 1.24 bits per heavy atom. The molecule has 0 aromatic heterocycles. The summed E-state index contributed by atoms with van der Waals surface area (Å²) in [5.41, 5.74) is 5.19. The summed E-state index contributed by atoms with van der Waals surface area (Å²) in [7, 11) is 0. The minimum Gasteiger partial charge on any atom is -0.481 e. The number of rotatable bonds is 16. The smallest absolute Gasteiger partial charge is 0.418 e. The number of anilines is 1. The maximum absolute atomic E-state index is 12.9. The molecule has 29 heavy (non-hydrogen) atoms. The number of nitrogens with two attached hydrogens (primary N) is 1. The molecule has 0 saturated heterocycles. The van der Waals surface area contributed by atoms with E-state index >= 15 is 0 Å². The third kappa shape index (κ3) is 12.4. The van der Waals surface area contributed by atoms with Gasteiger partial charge >= 0.3 is 12.1 Å². The predicted octanol–water partition coefficient (Wildman–Crippen LogP) is 7.38. The van der Waals surface area contributed by atoms with E-state index in [1.807, 2.05) is 0 Å². The van der Waals surface area contributed by atoms with Gasteiger partial charge in [0.05, 0.1) is 5.56 Å². The van der Waals surface area contributed by atoms with Crippen LogP contribution >= 0.6 is 0 Å². The molecular formula is C23H36F3NO2. The average Bonchev–Trinajstić information content (AvgIpc) is 2.65. The van der Waals surface area contributed by atoms with Crippen molar-refractivity contribution in [2.45, 2.75) is 102 Å². The van der Waals surface area contributed by atoms with Gasteiger partial charge in [-0.1, -0.05) is 76.7 Å². The highest BCUT2D eigenvalue weighted by molar-refractivity contribution is 5.66. The number of benzene rings is 1. The van der Waals surface area contributed by atoms with Crippen LogP contribution in [0.1, 0.15) is 101 Å². The van der Waals surface area contributed by atoms with Crippen molar-refractivity contribution in [3.05, 3.63) is 29.3 Å². The van der Waals surface area contributed by atoms with Crippen LogP contribution in [0.15, 0.2) is 18.2 Å². The lowest BCUT2D eigenvalue weighted by Gasteiger charge is -2.11. The van der Waals surface area contributed by atoms with Crippen molar-refractivity contribution in [1.82, 2.24) is 0 Å². The summed E-state index contributed by atoms with van der Waals surface area (Å²) >= 11 is 0. The average molecular weight is 416 g/mol. The van der Waals surface area contributed by atoms with Crippen LogP contribution < -0.4 is 5.73 Å². The maximum atomic E-state index is 12.9. The quantitative estimate of drug-likeness (QED) is 0.219. The summed E-state index contributed by atoms with van der Waals surface area (Å²) in [6.07, 6.45) is 11.1. The zero-order valence-electron chi connectivity index (χ0n) is 17.4. The van der Waals surface area contributed by atoms with Crippen LogP contribution in [0, 0.1) is 0 Å². The summed E-state index contributed by atoms with van der Waals surface area (Å²) in [4.78, 5) is 10.4. The van der Waals surface area contributed by atoms with Gasteiger partial charge in [-0.2, -0.15) is 13.2 Å². The summed E-state index contributed by atoms with van der Waals surface area (Å²) < 4.78 is 38.6. The Hall–Kier alpha value is -1.72. The summed E-state index contributed by atoms with van der Waals surface area (Å²) in [6.45, 7) is 0. The highest BCUT2D eigenvalue weighted by atomic mass is 19.4. The first-order chi connectivity index (χ1) is 13.8. The fourth-order valence-corrected chi connectivity index (χ4v) is 3.55. The Balaban J connectivity index is 1.95. The van der Waals surface area contributed by atoms with E-state index in [0.29, 0.717) is 12.0 Å². The van der Waals surface area contributed by atoms with E-state index in [9.17, 15) is 18.0 Å². The molecule has 1 rings (SSSR count). The maximum Gasteiger partial charge on any atom is 0.418 e. The molecule has 6 heteroatoms. The van der Waals surface area contributed by atoms with Crippen LogP contribution in [0.25, 0.3) is 0 Å². The number of alkyl halides is 3. The molecule has 0 radical (unpaired) electrons. The molecule has 0 unspecified atom stereocenters. The van der Waals surface area contributed by atoms with E-state index in [0.717, 1.165) is 38.5 Å². The molecule has 0 heterocycles. The molecule has 0 amide bonds. The third-order valence-corrected chi connectivity index (χ3v) is 5.28. The van der Waals surface area contributed by atoms with Gasteiger partial charge in [-0.15, -0.1) is 0 Å². The van der Waals surface area contributed by atoms with E-state index in [2.05, 4.69) is 0 Å². The van der Waals surface area contributed by atoms with Gasteiger partial charge in [-0.05, 0) is 37.0 Å². The number of aliphatic carboxylic acids is 1. The topological polar surface area (TPSA) is 63.3 Å². The van der Waals surface area contributed by atoms with Gasteiger partial charge < -0.3 is 10.8 Å². The molecule has 0 atom stereocenters. The number of aryl methyl sites for hydroxylation is 1. The van der Waals surface area contributed by atoms with E-state index in [1.54, 1.807) is 6.07 Å². The first kappa shape index (κ1) is 25.3. The zero-order valence-corrected chi connectivity index (χ0v) is 17.4. The largest absolute Gasteiger partial charge is 0.481 e. The Kier molecular flexibility index (Phi) is 12.5. The number of halogens is 3. The molecule has 3 N–H and O–H groups in total. The number of carboxylic acid groups (broad SMARTS) is 1. The van der Waals surface area contributed by atoms with Crippen molar-refractivity contribution < 1.29 is 23.1 Å². The van der Waals surface area contributed by atoms with Crippen molar-refractivity contribution >= 4 is 11.7 Å². The lowest BCUT2D eigenvalue weighted by molar-refractivity contribution is -0.138. The van der Waals surface area contributed by atoms with Crippen LogP contribution in [0.5, 0.6) is 0 Å². The van der Waals surface area contributed by atoms with Gasteiger partial charge in [0.25, 0.3) is 0 Å². The van der Waals surface area contributed by atoms with E-state index in [4.69, 9.17) is 10.8 Å². The molecule has 0 saturated carbocycles. The number of hydrogen-bond acceptors (Lipinski definition) is 2. The summed E-state index contributed by atoms with van der Waals surface area (Å²) in [5.74, 6) is -0.703. The molecule has 166 valence electrons. The van der Waals surface area contributed by atoms with Crippen LogP contribution in [0.3, 0.4) is 0 Å². The summed E-state index contributed by atoms with van der Waals surface area (Å²) in [6, 6.07) is 4.23. The Morgan fingerprint density at radius 1 is 0.793 bits per heavy atom. The molecular weight excluding hydrogens is 379 g/mol. The van der Waals surface area contributed by atoms with Gasteiger partial charge in [0.1, 0.15) is 0 Å². The van der Waals surface area contributed by atoms with Crippen LogP contribution in [-0.4, -0.2) is 11.1 Å². The number of hydrogen-bond donors (Lipinski definition) is 2. The van der Waals surface area contributed by atoms with Gasteiger partial charge in [-0.25, -0.2) is 0 Å². The standard InChI is InChI=1S/C23H36F3NO2/c24-23(25,26)20-18-19(16-17-21(20)27)14-12-10-8-6-4-2-1-3-5-7-9-11-13-15-22(28)29/h16-18H,1-15,27H2,(H,28,29). The number of nitrogen functional groups attached to an aromatic ring is 1. The second-order valence-corrected chi connectivity index (χ2v) is 7.91. The second-order valence-electron chi connectivity index (χ2n) is 7.91. The van der Waals surface area contributed by atoms with Crippen LogP contribution in [0.4, 0.5) is 18.9 Å². The highest BCUT2D eigenvalue weighted by Crippen LogP contribution is 2.34.